The zero-order valence-corrected chi connectivity index (χ0v) is 8.13. The maximum absolute atomic E-state index is 10.8. The molecule has 0 aromatic rings. The van der Waals surface area contributed by atoms with Gasteiger partial charge in [0.05, 0.1) is 0 Å². The first-order valence-electron chi connectivity index (χ1n) is 3.51. The van der Waals surface area contributed by atoms with Gasteiger partial charge in [0.15, 0.2) is 11.1 Å². The fourth-order valence-electron chi connectivity index (χ4n) is 0.404. The molecule has 0 amide bonds. The Morgan fingerprint density at radius 3 is 2.58 bits per heavy atom. The summed E-state index contributed by atoms with van der Waals surface area (Å²) in [6, 6.07) is -0.791. The zero-order valence-electron chi connectivity index (χ0n) is 7.31. The lowest BCUT2D eigenvalue weighted by Gasteiger charge is -2.18. The number of carboxylic acid groups (broad SMARTS) is 1. The van der Waals surface area contributed by atoms with Crippen LogP contribution in [0.2, 0.25) is 0 Å². The van der Waals surface area contributed by atoms with E-state index < -0.39 is 23.1 Å². The number of carbonyl (C=O) groups is 1. The lowest BCUT2D eigenvalue weighted by atomic mass is 10.3. The van der Waals surface area contributed by atoms with E-state index in [-0.39, 0.29) is 0 Å². The van der Waals surface area contributed by atoms with Gasteiger partial charge in [-0.25, -0.2) is 4.21 Å². The quantitative estimate of drug-likeness (QED) is 0.626. The van der Waals surface area contributed by atoms with Gasteiger partial charge in [0, 0.05) is 12.8 Å². The highest BCUT2D eigenvalue weighted by atomic mass is 32.2. The van der Waals surface area contributed by atoms with E-state index in [2.05, 4.69) is 0 Å². The molecular weight excluding hydrogens is 182 g/mol. The van der Waals surface area contributed by atoms with Crippen LogP contribution in [0, 0.1) is 0 Å². The van der Waals surface area contributed by atoms with Crippen LogP contribution in [0.4, 0.5) is 0 Å². The van der Waals surface area contributed by atoms with Crippen LogP contribution in [-0.4, -0.2) is 39.2 Å². The number of hydrogen-bond acceptors (Lipinski definition) is 4. The SMILES string of the molecule is CCS(=O)ON(C)C(C)C(=O)O. The van der Waals surface area contributed by atoms with E-state index in [9.17, 15) is 9.00 Å². The molecule has 6 heteroatoms. The average Bonchev–Trinajstić information content (AvgIpc) is 2.02. The second-order valence-electron chi connectivity index (χ2n) is 2.23. The number of hydrogen-bond donors (Lipinski definition) is 1. The van der Waals surface area contributed by atoms with Gasteiger partial charge in [-0.2, -0.15) is 9.35 Å². The summed E-state index contributed by atoms with van der Waals surface area (Å²) < 4.78 is 15.6. The number of aliphatic carboxylic acids is 1. The van der Waals surface area contributed by atoms with E-state index in [1.165, 1.54) is 14.0 Å². The van der Waals surface area contributed by atoms with E-state index in [0.29, 0.717) is 5.75 Å². The van der Waals surface area contributed by atoms with Crippen LogP contribution in [-0.2, 0) is 20.2 Å². The molecule has 72 valence electrons. The Morgan fingerprint density at radius 1 is 1.75 bits per heavy atom. The Kier molecular flexibility index (Phi) is 5.03. The molecule has 0 aliphatic carbocycles. The van der Waals surface area contributed by atoms with E-state index in [1.807, 2.05) is 0 Å². The third-order valence-corrected chi connectivity index (χ3v) is 2.21. The van der Waals surface area contributed by atoms with Crippen molar-refractivity contribution in [2.75, 3.05) is 12.8 Å². The monoisotopic (exact) mass is 195 g/mol. The molecule has 5 nitrogen and oxygen atoms in total. The standard InChI is InChI=1S/C6H13NO4S/c1-4-12(10)11-7(3)5(2)6(8)9/h5H,4H2,1-3H3,(H,8,9). The molecule has 0 radical (unpaired) electrons. The first-order valence-corrected chi connectivity index (χ1v) is 4.75. The molecule has 0 aromatic heterocycles. The fourth-order valence-corrected chi connectivity index (χ4v) is 0.901. The van der Waals surface area contributed by atoms with Crippen LogP contribution >= 0.6 is 0 Å². The van der Waals surface area contributed by atoms with Crippen molar-refractivity contribution >= 4 is 17.0 Å². The molecule has 2 atom stereocenters. The third kappa shape index (κ3) is 3.80. The van der Waals surface area contributed by atoms with Crippen molar-refractivity contribution in [3.8, 4) is 0 Å². The summed E-state index contributed by atoms with van der Waals surface area (Å²) >= 11 is -1.43. The van der Waals surface area contributed by atoms with Gasteiger partial charge in [0.2, 0.25) is 0 Å². The summed E-state index contributed by atoms with van der Waals surface area (Å²) in [6.45, 7) is 3.14. The number of rotatable bonds is 5. The van der Waals surface area contributed by atoms with Crippen molar-refractivity contribution in [1.82, 2.24) is 5.06 Å². The largest absolute Gasteiger partial charge is 0.480 e. The van der Waals surface area contributed by atoms with Crippen molar-refractivity contribution in [3.63, 3.8) is 0 Å². The smallest absolute Gasteiger partial charge is 0.323 e. The minimum atomic E-state index is -1.43. The van der Waals surface area contributed by atoms with Gasteiger partial charge in [-0.15, -0.1) is 0 Å². The van der Waals surface area contributed by atoms with Gasteiger partial charge in [0.1, 0.15) is 6.04 Å². The molecule has 1 N–H and O–H groups in total. The molecule has 0 aromatic carbocycles. The highest BCUT2D eigenvalue weighted by Gasteiger charge is 2.18. The predicted octanol–water partition coefficient (Wildman–Crippen LogP) is 0.00650. The summed E-state index contributed by atoms with van der Waals surface area (Å²) in [7, 11) is 1.44. The Balaban J connectivity index is 3.94. The minimum Gasteiger partial charge on any atom is -0.480 e. The van der Waals surface area contributed by atoms with Gasteiger partial charge >= 0.3 is 5.97 Å². The molecule has 12 heavy (non-hydrogen) atoms. The zero-order chi connectivity index (χ0) is 9.72. The van der Waals surface area contributed by atoms with Crippen LogP contribution in [0.15, 0.2) is 0 Å². The van der Waals surface area contributed by atoms with Gasteiger partial charge in [-0.3, -0.25) is 4.79 Å². The van der Waals surface area contributed by atoms with Gasteiger partial charge in [0.25, 0.3) is 0 Å². The second kappa shape index (κ2) is 5.23. The van der Waals surface area contributed by atoms with Crippen molar-refractivity contribution in [2.24, 2.45) is 0 Å². The Hall–Kier alpha value is -0.460. The van der Waals surface area contributed by atoms with E-state index in [4.69, 9.17) is 9.39 Å². The van der Waals surface area contributed by atoms with Gasteiger partial charge in [-0.05, 0) is 6.92 Å². The lowest BCUT2D eigenvalue weighted by Crippen LogP contribution is -2.36. The van der Waals surface area contributed by atoms with E-state index in [0.717, 1.165) is 5.06 Å². The number of carboxylic acids is 1. The van der Waals surface area contributed by atoms with Crippen LogP contribution in [0.25, 0.3) is 0 Å². The molecule has 0 heterocycles. The Bertz CT molecular complexity index is 184. The van der Waals surface area contributed by atoms with Gasteiger partial charge in [-0.1, -0.05) is 6.92 Å². The average molecular weight is 195 g/mol. The van der Waals surface area contributed by atoms with E-state index >= 15 is 0 Å². The summed E-state index contributed by atoms with van der Waals surface area (Å²) in [6.07, 6.45) is 0. The number of hydroxylamine groups is 2. The first-order chi connectivity index (χ1) is 5.49. The molecule has 0 aliphatic heterocycles. The Morgan fingerprint density at radius 2 is 2.25 bits per heavy atom. The summed E-state index contributed by atoms with van der Waals surface area (Å²) in [5.41, 5.74) is 0. The molecule has 0 saturated carbocycles. The third-order valence-electron chi connectivity index (χ3n) is 1.34. The number of likely N-dealkylation sites (N-methyl/N-ethyl adjacent to an activating group) is 1. The molecular formula is C6H13NO4S. The fraction of sp³-hybridized carbons (Fsp3) is 0.833. The highest BCUT2D eigenvalue weighted by molar-refractivity contribution is 7.80. The van der Waals surface area contributed by atoms with Gasteiger partial charge < -0.3 is 5.11 Å². The van der Waals surface area contributed by atoms with Crippen LogP contribution < -0.4 is 0 Å². The molecule has 0 spiro atoms. The van der Waals surface area contributed by atoms with Crippen LogP contribution in [0.3, 0.4) is 0 Å². The first kappa shape index (κ1) is 11.5. The molecule has 0 bridgehead atoms. The topological polar surface area (TPSA) is 66.8 Å². The summed E-state index contributed by atoms with van der Waals surface area (Å²) in [4.78, 5) is 10.4. The Labute approximate surface area is 73.9 Å². The summed E-state index contributed by atoms with van der Waals surface area (Å²) in [5, 5.41) is 9.59. The van der Waals surface area contributed by atoms with E-state index in [1.54, 1.807) is 6.92 Å². The predicted molar refractivity (Wildman–Crippen MR) is 44.6 cm³/mol. The minimum absolute atomic E-state index is 0.344. The van der Waals surface area contributed by atoms with Crippen molar-refractivity contribution in [2.45, 2.75) is 19.9 Å². The summed E-state index contributed by atoms with van der Waals surface area (Å²) in [5.74, 6) is -0.665. The number of nitrogens with zero attached hydrogens (tertiary/aromatic N) is 1. The maximum Gasteiger partial charge on any atom is 0.323 e. The maximum atomic E-state index is 10.8. The van der Waals surface area contributed by atoms with Crippen molar-refractivity contribution in [3.05, 3.63) is 0 Å². The van der Waals surface area contributed by atoms with Crippen LogP contribution in [0.1, 0.15) is 13.8 Å². The molecule has 0 rings (SSSR count). The normalized spacial score (nSPS) is 16.0. The van der Waals surface area contributed by atoms with Crippen molar-refractivity contribution in [1.29, 1.82) is 0 Å². The highest BCUT2D eigenvalue weighted by Crippen LogP contribution is 1.99. The lowest BCUT2D eigenvalue weighted by molar-refractivity contribution is -0.153. The van der Waals surface area contributed by atoms with Crippen LogP contribution in [0.5, 0.6) is 0 Å². The molecule has 0 aliphatic rings. The molecule has 2 unspecified atom stereocenters. The van der Waals surface area contributed by atoms with Crippen molar-refractivity contribution < 1.29 is 18.4 Å². The second-order valence-corrected chi connectivity index (χ2v) is 3.56. The molecule has 0 fully saturated rings. The molecule has 0 saturated heterocycles.